The van der Waals surface area contributed by atoms with Gasteiger partial charge >= 0.3 is 5.97 Å². The van der Waals surface area contributed by atoms with Crippen molar-refractivity contribution >= 4 is 40.6 Å². The predicted octanol–water partition coefficient (Wildman–Crippen LogP) is 2.54. The third kappa shape index (κ3) is 4.81. The first-order valence-corrected chi connectivity index (χ1v) is 10.9. The molecule has 9 heteroatoms. The highest BCUT2D eigenvalue weighted by molar-refractivity contribution is 6.24. The van der Waals surface area contributed by atoms with Crippen LogP contribution in [0.25, 0.3) is 0 Å². The minimum atomic E-state index is -1.11. The van der Waals surface area contributed by atoms with E-state index in [-0.39, 0.29) is 5.91 Å². The molecule has 35 heavy (non-hydrogen) atoms. The van der Waals surface area contributed by atoms with Crippen molar-refractivity contribution in [3.63, 3.8) is 0 Å². The number of ether oxygens (including phenoxy) is 1. The minimum Gasteiger partial charge on any atom is -0.465 e. The van der Waals surface area contributed by atoms with Gasteiger partial charge < -0.3 is 26.4 Å². The van der Waals surface area contributed by atoms with Gasteiger partial charge in [0.2, 0.25) is 5.91 Å². The lowest BCUT2D eigenvalue weighted by molar-refractivity contribution is -0.119. The zero-order valence-electron chi connectivity index (χ0n) is 19.3. The number of nitrogens with one attached hydrogen (secondary N) is 1. The first kappa shape index (κ1) is 23.8. The van der Waals surface area contributed by atoms with Gasteiger partial charge in [-0.1, -0.05) is 36.4 Å². The Balaban J connectivity index is 1.74. The third-order valence-corrected chi connectivity index (χ3v) is 5.75. The molecule has 1 atom stereocenters. The number of methoxy groups -OCH3 is 1. The van der Waals surface area contributed by atoms with E-state index in [1.807, 2.05) is 30.3 Å². The number of fused-ring (bicyclic) bond motifs is 1. The molecule has 1 heterocycles. The molecule has 0 saturated carbocycles. The quantitative estimate of drug-likeness (QED) is 0.287. The molecular weight excluding hydrogens is 446 g/mol. The molecule has 0 spiro atoms. The largest absolute Gasteiger partial charge is 0.465 e. The molecule has 0 saturated heterocycles. The van der Waals surface area contributed by atoms with Gasteiger partial charge in [0.25, 0.3) is 5.91 Å². The minimum absolute atomic E-state index is 0.247. The molecule has 0 aromatic heterocycles. The summed E-state index contributed by atoms with van der Waals surface area (Å²) < 4.78 is 4.79. The van der Waals surface area contributed by atoms with Crippen LogP contribution in [0.15, 0.2) is 77.8 Å². The highest BCUT2D eigenvalue weighted by atomic mass is 16.5. The van der Waals surface area contributed by atoms with Gasteiger partial charge in [-0.2, -0.15) is 0 Å². The Bertz CT molecular complexity index is 1300. The molecule has 0 radical (unpaired) electrons. The Morgan fingerprint density at radius 1 is 1.00 bits per heavy atom. The number of hydrogen-bond acceptors (Lipinski definition) is 7. The maximum Gasteiger partial charge on any atom is 0.337 e. The number of nitrogens with zero attached hydrogens (tertiary/aromatic N) is 2. The van der Waals surface area contributed by atoms with Crippen molar-refractivity contribution in [2.45, 2.75) is 12.1 Å². The second-order valence-corrected chi connectivity index (χ2v) is 8.02. The Morgan fingerprint density at radius 2 is 1.69 bits per heavy atom. The second kappa shape index (κ2) is 9.88. The van der Waals surface area contributed by atoms with Gasteiger partial charge in [-0.15, -0.1) is 0 Å². The first-order chi connectivity index (χ1) is 16.8. The van der Waals surface area contributed by atoms with Crippen LogP contribution in [-0.2, 0) is 14.3 Å². The average Bonchev–Trinajstić information content (AvgIpc) is 3.21. The molecule has 3 aromatic carbocycles. The number of benzene rings is 3. The Hall–Kier alpha value is -4.34. The fraction of sp³-hybridized carbons (Fsp3) is 0.154. The molecule has 9 nitrogen and oxygen atoms in total. The maximum absolute atomic E-state index is 13.1. The summed E-state index contributed by atoms with van der Waals surface area (Å²) in [7, 11) is 2.89. The lowest BCUT2D eigenvalue weighted by Gasteiger charge is -2.19. The number of likely N-dealkylation sites (N-methyl/N-ethyl adjacent to an activating group) is 1. The molecule has 1 aliphatic heterocycles. The van der Waals surface area contributed by atoms with Crippen LogP contribution in [0.1, 0.15) is 27.4 Å². The van der Waals surface area contributed by atoms with Crippen LogP contribution < -0.4 is 21.7 Å². The van der Waals surface area contributed by atoms with Crippen molar-refractivity contribution in [3.05, 3.63) is 89.5 Å². The molecule has 0 bridgehead atoms. The summed E-state index contributed by atoms with van der Waals surface area (Å²) >= 11 is 0. The zero-order valence-corrected chi connectivity index (χ0v) is 19.3. The van der Waals surface area contributed by atoms with Crippen molar-refractivity contribution in [1.29, 1.82) is 0 Å². The van der Waals surface area contributed by atoms with Crippen LogP contribution in [0.2, 0.25) is 0 Å². The molecular formula is C26H25N5O4. The Labute approximate surface area is 202 Å². The molecule has 0 aliphatic carbocycles. The summed E-state index contributed by atoms with van der Waals surface area (Å²) in [5, 5.41) is 2.85. The normalized spacial score (nSPS) is 14.9. The summed E-state index contributed by atoms with van der Waals surface area (Å²) in [5.41, 5.74) is 15.1. The van der Waals surface area contributed by atoms with Gasteiger partial charge in [0, 0.05) is 18.4 Å². The summed E-state index contributed by atoms with van der Waals surface area (Å²) in [6.45, 7) is 0. The number of rotatable bonds is 6. The van der Waals surface area contributed by atoms with E-state index in [0.717, 1.165) is 5.56 Å². The molecule has 2 amide bonds. The Morgan fingerprint density at radius 3 is 2.31 bits per heavy atom. The van der Waals surface area contributed by atoms with Gasteiger partial charge in [-0.25, -0.2) is 4.79 Å². The molecule has 1 unspecified atom stereocenters. The van der Waals surface area contributed by atoms with E-state index in [4.69, 9.17) is 21.2 Å². The topological polar surface area (TPSA) is 140 Å². The van der Waals surface area contributed by atoms with Crippen molar-refractivity contribution in [2.24, 2.45) is 16.5 Å². The summed E-state index contributed by atoms with van der Waals surface area (Å²) in [4.78, 5) is 43.3. The van der Waals surface area contributed by atoms with Crippen LogP contribution in [0.4, 0.5) is 17.1 Å². The molecule has 1 aliphatic rings. The summed E-state index contributed by atoms with van der Waals surface area (Å²) in [5.74, 6) is -1.83. The van der Waals surface area contributed by atoms with Crippen LogP contribution in [-0.4, -0.2) is 43.8 Å². The number of nitrogens with two attached hydrogens (primary N) is 2. The van der Waals surface area contributed by atoms with Crippen LogP contribution >= 0.6 is 0 Å². The molecule has 3 aromatic rings. The van der Waals surface area contributed by atoms with E-state index in [9.17, 15) is 14.4 Å². The van der Waals surface area contributed by atoms with Crippen LogP contribution in [0, 0.1) is 0 Å². The van der Waals surface area contributed by atoms with Crippen LogP contribution in [0.3, 0.4) is 0 Å². The third-order valence-electron chi connectivity index (χ3n) is 5.75. The highest BCUT2D eigenvalue weighted by Crippen LogP contribution is 2.37. The second-order valence-electron chi connectivity index (χ2n) is 8.02. The number of hydrogen-bond donors (Lipinski definition) is 3. The molecule has 4 rings (SSSR count). The van der Waals surface area contributed by atoms with E-state index < -0.39 is 24.0 Å². The summed E-state index contributed by atoms with van der Waals surface area (Å²) in [6.07, 6.45) is -1.11. The predicted molar refractivity (Wildman–Crippen MR) is 134 cm³/mol. The highest BCUT2D eigenvalue weighted by Gasteiger charge is 2.36. The standard InChI is InChI=1S/C26H25N5O4/c1-31(25(33)23(27)28)18-11-9-17(10-12-18)29-22(15-6-4-3-5-7-15)21-19-13-8-16(26(34)35-2)14-20(19)30-24(21)32/h3-14,21,23H,27-28H2,1-2H3,(H,30,32). The maximum atomic E-state index is 13.1. The van der Waals surface area contributed by atoms with Gasteiger partial charge in [-0.3, -0.25) is 14.6 Å². The fourth-order valence-electron chi connectivity index (χ4n) is 3.92. The lowest BCUT2D eigenvalue weighted by atomic mass is 9.90. The zero-order chi connectivity index (χ0) is 25.1. The van der Waals surface area contributed by atoms with Crippen molar-refractivity contribution < 1.29 is 19.1 Å². The lowest BCUT2D eigenvalue weighted by Crippen LogP contribution is -2.47. The van der Waals surface area contributed by atoms with Crippen LogP contribution in [0.5, 0.6) is 0 Å². The van der Waals surface area contributed by atoms with E-state index in [1.165, 1.54) is 12.0 Å². The number of aliphatic imine (C=N–C) groups is 1. The number of esters is 1. The van der Waals surface area contributed by atoms with Gasteiger partial charge in [-0.05, 0) is 47.5 Å². The smallest absolute Gasteiger partial charge is 0.337 e. The SMILES string of the molecule is COC(=O)c1ccc2c(c1)NC(=O)C2C(=Nc1ccc(N(C)C(=O)C(N)N)cc1)c1ccccc1. The monoisotopic (exact) mass is 471 g/mol. The molecule has 178 valence electrons. The van der Waals surface area contributed by atoms with E-state index in [2.05, 4.69) is 5.32 Å². The van der Waals surface area contributed by atoms with Crippen molar-refractivity contribution in [1.82, 2.24) is 0 Å². The first-order valence-electron chi connectivity index (χ1n) is 10.9. The van der Waals surface area contributed by atoms with E-state index in [0.29, 0.717) is 33.9 Å². The number of amides is 2. The molecule has 5 N–H and O–H groups in total. The van der Waals surface area contributed by atoms with Gasteiger partial charge in [0.05, 0.1) is 24.1 Å². The summed E-state index contributed by atoms with van der Waals surface area (Å²) in [6, 6.07) is 21.3. The van der Waals surface area contributed by atoms with Crippen molar-refractivity contribution in [2.75, 3.05) is 24.4 Å². The van der Waals surface area contributed by atoms with E-state index in [1.54, 1.807) is 49.5 Å². The van der Waals surface area contributed by atoms with Gasteiger partial charge in [0.1, 0.15) is 12.1 Å². The van der Waals surface area contributed by atoms with Gasteiger partial charge in [0.15, 0.2) is 0 Å². The Kier molecular flexibility index (Phi) is 6.72. The average molecular weight is 472 g/mol. The fourth-order valence-corrected chi connectivity index (χ4v) is 3.92. The van der Waals surface area contributed by atoms with Crippen molar-refractivity contribution in [3.8, 4) is 0 Å². The number of carbonyl (C=O) groups excluding carboxylic acids is 3. The molecule has 0 fully saturated rings. The number of anilines is 2. The van der Waals surface area contributed by atoms with E-state index >= 15 is 0 Å². The number of carbonyl (C=O) groups is 3.